The van der Waals surface area contributed by atoms with Crippen molar-refractivity contribution in [2.24, 2.45) is 0 Å². The number of carbonyl (C=O) groups is 2. The molecule has 1 saturated heterocycles. The van der Waals surface area contributed by atoms with Crippen LogP contribution >= 0.6 is 11.6 Å². The highest BCUT2D eigenvalue weighted by Gasteiger charge is 2.42. The number of nitrogens with zero attached hydrogens (tertiary/aromatic N) is 1. The normalized spacial score (nSPS) is 18.4. The average molecular weight is 521 g/mol. The van der Waals surface area contributed by atoms with Crippen LogP contribution in [-0.2, 0) is 21.7 Å². The lowest BCUT2D eigenvalue weighted by atomic mass is 9.84. The van der Waals surface area contributed by atoms with E-state index in [9.17, 15) is 19.8 Å². The van der Waals surface area contributed by atoms with Gasteiger partial charge in [0.2, 0.25) is 0 Å². The van der Waals surface area contributed by atoms with Gasteiger partial charge in [-0.05, 0) is 48.2 Å². The number of phenolic OH excluding ortho intramolecular Hbond substituents is 1. The maximum Gasteiger partial charge on any atom is 0.328 e. The summed E-state index contributed by atoms with van der Waals surface area (Å²) in [5.74, 6) is -2.35. The van der Waals surface area contributed by atoms with Gasteiger partial charge in [-0.1, -0.05) is 17.7 Å². The number of carboxylic acids is 1. The van der Waals surface area contributed by atoms with Gasteiger partial charge in [-0.15, -0.1) is 0 Å². The molecule has 0 aromatic heterocycles. The lowest BCUT2D eigenvalue weighted by molar-refractivity contribution is -0.140. The van der Waals surface area contributed by atoms with E-state index >= 15 is 0 Å². The number of aliphatic hydroxyl groups excluding tert-OH is 2. The molecule has 11 heteroatoms. The van der Waals surface area contributed by atoms with Crippen molar-refractivity contribution in [1.82, 2.24) is 10.2 Å². The summed E-state index contributed by atoms with van der Waals surface area (Å²) in [4.78, 5) is 25.7. The number of hydrogen-bond acceptors (Lipinski definition) is 8. The van der Waals surface area contributed by atoms with Crippen molar-refractivity contribution < 1.29 is 39.5 Å². The molecule has 1 amide bonds. The fraction of sp³-hybridized carbons (Fsp3) is 0.440. The highest BCUT2D eigenvalue weighted by Crippen LogP contribution is 2.44. The summed E-state index contributed by atoms with van der Waals surface area (Å²) in [7, 11) is 0. The predicted molar refractivity (Wildman–Crippen MR) is 129 cm³/mol. The molecule has 2 atom stereocenters. The summed E-state index contributed by atoms with van der Waals surface area (Å²) >= 11 is 6.11. The molecular weight excluding hydrogens is 492 g/mol. The van der Waals surface area contributed by atoms with E-state index in [4.69, 9.17) is 31.3 Å². The second-order valence-electron chi connectivity index (χ2n) is 9.08. The lowest BCUT2D eigenvalue weighted by Crippen LogP contribution is -2.46. The van der Waals surface area contributed by atoms with Crippen molar-refractivity contribution in [1.29, 1.82) is 0 Å². The Bertz CT molecular complexity index is 1120. The van der Waals surface area contributed by atoms with E-state index in [1.807, 2.05) is 18.2 Å². The number of phenols is 1. The molecule has 36 heavy (non-hydrogen) atoms. The summed E-state index contributed by atoms with van der Waals surface area (Å²) < 4.78 is 11.8. The number of fused-ring (bicyclic) bond motifs is 2. The first-order valence-electron chi connectivity index (χ1n) is 11.6. The minimum Gasteiger partial charge on any atom is -0.508 e. The summed E-state index contributed by atoms with van der Waals surface area (Å²) in [6, 6.07) is 8.12. The number of likely N-dealkylation sites (tertiary alicyclic amines) is 1. The Balaban J connectivity index is 1.32. The molecule has 0 aliphatic carbocycles. The van der Waals surface area contributed by atoms with Gasteiger partial charge in [0.1, 0.15) is 24.2 Å². The van der Waals surface area contributed by atoms with E-state index in [-0.39, 0.29) is 29.3 Å². The maximum absolute atomic E-state index is 12.5. The number of benzene rings is 2. The van der Waals surface area contributed by atoms with Gasteiger partial charge >= 0.3 is 5.97 Å². The van der Waals surface area contributed by atoms with Gasteiger partial charge in [-0.2, -0.15) is 0 Å². The number of nitrogens with one attached hydrogen (secondary N) is 1. The molecule has 0 saturated carbocycles. The number of piperidine rings is 1. The second-order valence-corrected chi connectivity index (χ2v) is 9.51. The molecule has 10 nitrogen and oxygen atoms in total. The molecule has 1 fully saturated rings. The van der Waals surface area contributed by atoms with Crippen LogP contribution in [0.2, 0.25) is 5.02 Å². The molecule has 0 unspecified atom stereocenters. The van der Waals surface area contributed by atoms with Gasteiger partial charge in [-0.3, -0.25) is 4.79 Å². The molecule has 2 aromatic carbocycles. The highest BCUT2D eigenvalue weighted by molar-refractivity contribution is 6.30. The van der Waals surface area contributed by atoms with E-state index < -0.39 is 30.6 Å². The van der Waals surface area contributed by atoms with Crippen LogP contribution < -0.4 is 10.1 Å². The largest absolute Gasteiger partial charge is 0.508 e. The third kappa shape index (κ3) is 5.74. The smallest absolute Gasteiger partial charge is 0.328 e. The topological polar surface area (TPSA) is 149 Å². The van der Waals surface area contributed by atoms with Crippen LogP contribution in [-0.4, -0.2) is 82.2 Å². The number of hydrogen-bond donors (Lipinski definition) is 5. The molecular formula is C25H29ClN2O8. The molecule has 0 bridgehead atoms. The van der Waals surface area contributed by atoms with Gasteiger partial charge in [0.15, 0.2) is 6.04 Å². The highest BCUT2D eigenvalue weighted by atomic mass is 35.5. The number of β-amino-alcohol motifs (C(OH)–C–C–N with tert-alkyl or cyclic N) is 1. The zero-order valence-corrected chi connectivity index (χ0v) is 20.3. The van der Waals surface area contributed by atoms with Gasteiger partial charge in [0, 0.05) is 30.7 Å². The minimum atomic E-state index is -1.49. The molecule has 4 rings (SSSR count). The van der Waals surface area contributed by atoms with Crippen molar-refractivity contribution >= 4 is 23.5 Å². The molecule has 2 aromatic rings. The van der Waals surface area contributed by atoms with Crippen molar-refractivity contribution in [2.45, 2.75) is 37.2 Å². The molecule has 2 aliphatic rings. The van der Waals surface area contributed by atoms with E-state index in [0.29, 0.717) is 18.2 Å². The number of aromatic hydroxyl groups is 1. The van der Waals surface area contributed by atoms with Crippen LogP contribution in [0.25, 0.3) is 0 Å². The summed E-state index contributed by atoms with van der Waals surface area (Å²) in [6.07, 6.45) is 0.681. The van der Waals surface area contributed by atoms with Crippen LogP contribution in [0.1, 0.15) is 34.3 Å². The fourth-order valence-corrected chi connectivity index (χ4v) is 4.90. The zero-order chi connectivity index (χ0) is 25.9. The maximum atomic E-state index is 12.5. The first-order chi connectivity index (χ1) is 17.2. The Labute approximate surface area is 213 Å². The number of aliphatic carboxylic acids is 1. The number of carboxylic acid groups (broad SMARTS) is 1. The van der Waals surface area contributed by atoms with Crippen molar-refractivity contribution in [3.05, 3.63) is 58.1 Å². The monoisotopic (exact) mass is 520 g/mol. The SMILES string of the molecule is O=C(N[C@@H](CO)C(=O)O)c1ccc(O)cc1OC[C@@H](O)CN1CCC2(CC1)OCc1cc(Cl)ccc12. The number of halogens is 1. The Morgan fingerprint density at radius 2 is 1.94 bits per heavy atom. The van der Waals surface area contributed by atoms with Crippen LogP contribution in [0.15, 0.2) is 36.4 Å². The van der Waals surface area contributed by atoms with Crippen molar-refractivity contribution in [3.8, 4) is 11.5 Å². The Morgan fingerprint density at radius 3 is 2.64 bits per heavy atom. The van der Waals surface area contributed by atoms with Crippen molar-refractivity contribution in [3.63, 3.8) is 0 Å². The first kappa shape index (κ1) is 26.2. The molecule has 1 spiro atoms. The number of ether oxygens (including phenoxy) is 2. The zero-order valence-electron chi connectivity index (χ0n) is 19.5. The van der Waals surface area contributed by atoms with Crippen LogP contribution in [0.5, 0.6) is 11.5 Å². The molecule has 0 radical (unpaired) electrons. The average Bonchev–Trinajstić information content (AvgIpc) is 3.19. The third-order valence-electron chi connectivity index (χ3n) is 6.62. The summed E-state index contributed by atoms with van der Waals surface area (Å²) in [5.41, 5.74) is 1.93. The van der Waals surface area contributed by atoms with Crippen LogP contribution in [0.3, 0.4) is 0 Å². The minimum absolute atomic E-state index is 0.0131. The number of amides is 1. The standard InChI is InChI=1S/C25H29ClN2O8/c26-16-1-4-20-15(9-16)13-36-25(20)5-7-28(8-6-25)11-18(31)14-35-22-10-17(30)2-3-19(22)23(32)27-21(12-29)24(33)34/h1-4,9-10,18,21,29-31H,5-8,11-14H2,(H,27,32)(H,33,34)/t18-,21-/m0/s1. The quantitative estimate of drug-likeness (QED) is 0.331. The van der Waals surface area contributed by atoms with Crippen LogP contribution in [0.4, 0.5) is 0 Å². The van der Waals surface area contributed by atoms with Gasteiger partial charge < -0.3 is 40.1 Å². The third-order valence-corrected chi connectivity index (χ3v) is 6.86. The van der Waals surface area contributed by atoms with Gasteiger partial charge in [-0.25, -0.2) is 4.79 Å². The molecule has 5 N–H and O–H groups in total. The second kappa shape index (κ2) is 11.0. The summed E-state index contributed by atoms with van der Waals surface area (Å²) in [5, 5.41) is 41.5. The van der Waals surface area contributed by atoms with E-state index in [1.54, 1.807) is 0 Å². The predicted octanol–water partition coefficient (Wildman–Crippen LogP) is 1.48. The molecule has 194 valence electrons. The molecule has 2 aliphatic heterocycles. The number of rotatable bonds is 9. The Kier molecular flexibility index (Phi) is 8.01. The van der Waals surface area contributed by atoms with E-state index in [1.165, 1.54) is 23.8 Å². The van der Waals surface area contributed by atoms with Gasteiger partial charge in [0.25, 0.3) is 5.91 Å². The van der Waals surface area contributed by atoms with E-state index in [2.05, 4.69) is 10.2 Å². The van der Waals surface area contributed by atoms with Crippen LogP contribution in [0, 0.1) is 0 Å². The first-order valence-corrected chi connectivity index (χ1v) is 12.0. The lowest BCUT2D eigenvalue weighted by Gasteiger charge is -2.39. The number of carbonyl (C=O) groups excluding carboxylic acids is 1. The molecule has 2 heterocycles. The Morgan fingerprint density at radius 1 is 1.19 bits per heavy atom. The van der Waals surface area contributed by atoms with Gasteiger partial charge in [0.05, 0.1) is 24.4 Å². The van der Waals surface area contributed by atoms with E-state index in [0.717, 1.165) is 31.5 Å². The Hall–Kier alpha value is -2.89. The number of aliphatic hydroxyl groups is 2. The van der Waals surface area contributed by atoms with Crippen molar-refractivity contribution in [2.75, 3.05) is 32.8 Å². The summed E-state index contributed by atoms with van der Waals surface area (Å²) in [6.45, 7) is 1.39. The fourth-order valence-electron chi connectivity index (χ4n) is 4.71.